The first-order valence-corrected chi connectivity index (χ1v) is 7.77. The molecule has 0 aliphatic carbocycles. The quantitative estimate of drug-likeness (QED) is 0.630. The van der Waals surface area contributed by atoms with E-state index in [2.05, 4.69) is 0 Å². The molecule has 25 heavy (non-hydrogen) atoms. The van der Waals surface area contributed by atoms with Crippen LogP contribution in [0.4, 0.5) is 0 Å². The molecule has 2 aromatic carbocycles. The lowest BCUT2D eigenvalue weighted by Crippen LogP contribution is -2.14. The van der Waals surface area contributed by atoms with Gasteiger partial charge < -0.3 is 14.2 Å². The maximum Gasteiger partial charge on any atom is 0.338 e. The number of fused-ring (bicyclic) bond motifs is 1. The minimum Gasteiger partial charge on any atom is -0.490 e. The number of nitriles is 1. The van der Waals surface area contributed by atoms with Crippen molar-refractivity contribution in [1.82, 2.24) is 0 Å². The van der Waals surface area contributed by atoms with Crippen molar-refractivity contribution in [3.05, 3.63) is 59.2 Å². The predicted molar refractivity (Wildman–Crippen MR) is 87.8 cm³/mol. The first kappa shape index (κ1) is 16.5. The molecule has 0 spiro atoms. The highest BCUT2D eigenvalue weighted by Gasteiger charge is 2.16. The molecule has 3 rings (SSSR count). The number of ketones is 1. The third-order valence-corrected chi connectivity index (χ3v) is 3.63. The zero-order valence-electron chi connectivity index (χ0n) is 13.4. The SMILES string of the molecule is N#Cc1cccc(C(=O)OCC(=O)c2ccc3c(c2)OCCCO3)c1. The van der Waals surface area contributed by atoms with Gasteiger partial charge in [0.2, 0.25) is 0 Å². The molecule has 0 atom stereocenters. The zero-order chi connectivity index (χ0) is 17.6. The smallest absolute Gasteiger partial charge is 0.338 e. The first-order chi connectivity index (χ1) is 12.2. The molecule has 0 bridgehead atoms. The van der Waals surface area contributed by atoms with Crippen molar-refractivity contribution in [2.75, 3.05) is 19.8 Å². The monoisotopic (exact) mass is 337 g/mol. The van der Waals surface area contributed by atoms with Gasteiger partial charge in [0.1, 0.15) is 0 Å². The molecular weight excluding hydrogens is 322 g/mol. The second-order valence-electron chi connectivity index (χ2n) is 5.40. The predicted octanol–water partition coefficient (Wildman–Crippen LogP) is 2.76. The summed E-state index contributed by atoms with van der Waals surface area (Å²) in [5.41, 5.74) is 0.956. The van der Waals surface area contributed by atoms with Crippen LogP contribution in [0.2, 0.25) is 0 Å². The maximum absolute atomic E-state index is 12.2. The van der Waals surface area contributed by atoms with E-state index < -0.39 is 12.6 Å². The lowest BCUT2D eigenvalue weighted by molar-refractivity contribution is 0.0474. The number of Topliss-reactive ketones (excluding diaryl/α,β-unsaturated/α-hetero) is 1. The second kappa shape index (κ2) is 7.49. The van der Waals surface area contributed by atoms with Crippen molar-refractivity contribution in [2.24, 2.45) is 0 Å². The molecule has 0 N–H and O–H groups in total. The Hall–Kier alpha value is -3.33. The number of ether oxygens (including phenoxy) is 3. The minimum absolute atomic E-state index is 0.227. The third kappa shape index (κ3) is 3.96. The van der Waals surface area contributed by atoms with Gasteiger partial charge in [-0.3, -0.25) is 4.79 Å². The van der Waals surface area contributed by atoms with E-state index in [9.17, 15) is 9.59 Å². The third-order valence-electron chi connectivity index (χ3n) is 3.63. The van der Waals surface area contributed by atoms with Gasteiger partial charge in [0.05, 0.1) is 30.4 Å². The highest BCUT2D eigenvalue weighted by molar-refractivity contribution is 5.99. The van der Waals surface area contributed by atoms with E-state index in [-0.39, 0.29) is 11.3 Å². The lowest BCUT2D eigenvalue weighted by Gasteiger charge is -2.09. The van der Waals surface area contributed by atoms with Crippen LogP contribution >= 0.6 is 0 Å². The minimum atomic E-state index is -0.653. The molecule has 0 radical (unpaired) electrons. The summed E-state index contributed by atoms with van der Waals surface area (Å²) in [6.07, 6.45) is 0.775. The number of nitrogens with zero attached hydrogens (tertiary/aromatic N) is 1. The van der Waals surface area contributed by atoms with E-state index in [0.29, 0.717) is 35.8 Å². The van der Waals surface area contributed by atoms with Crippen molar-refractivity contribution in [3.8, 4) is 17.6 Å². The van der Waals surface area contributed by atoms with Crippen molar-refractivity contribution in [2.45, 2.75) is 6.42 Å². The molecule has 0 amide bonds. The van der Waals surface area contributed by atoms with Crippen molar-refractivity contribution in [3.63, 3.8) is 0 Å². The average Bonchev–Trinajstić information content (AvgIpc) is 2.90. The fourth-order valence-electron chi connectivity index (χ4n) is 2.35. The first-order valence-electron chi connectivity index (χ1n) is 7.77. The Balaban J connectivity index is 1.65. The van der Waals surface area contributed by atoms with E-state index in [4.69, 9.17) is 19.5 Å². The van der Waals surface area contributed by atoms with Gasteiger partial charge in [-0.25, -0.2) is 4.79 Å². The van der Waals surface area contributed by atoms with Gasteiger partial charge in [-0.05, 0) is 36.4 Å². The van der Waals surface area contributed by atoms with Gasteiger partial charge in [0.15, 0.2) is 23.9 Å². The van der Waals surface area contributed by atoms with E-state index in [0.717, 1.165) is 6.42 Å². The lowest BCUT2D eigenvalue weighted by atomic mass is 10.1. The molecule has 6 heteroatoms. The molecule has 0 saturated carbocycles. The summed E-state index contributed by atoms with van der Waals surface area (Å²) in [6, 6.07) is 12.9. The average molecular weight is 337 g/mol. The molecule has 0 fully saturated rings. The topological polar surface area (TPSA) is 85.6 Å². The Morgan fingerprint density at radius 2 is 1.84 bits per heavy atom. The van der Waals surface area contributed by atoms with Crippen molar-refractivity contribution >= 4 is 11.8 Å². The summed E-state index contributed by atoms with van der Waals surface area (Å²) in [4.78, 5) is 24.2. The van der Waals surface area contributed by atoms with Gasteiger partial charge in [0.25, 0.3) is 0 Å². The molecule has 6 nitrogen and oxygen atoms in total. The Labute approximate surface area is 144 Å². The summed E-state index contributed by atoms with van der Waals surface area (Å²) < 4.78 is 16.1. The standard InChI is InChI=1S/C19H15NO5/c20-11-13-3-1-4-15(9-13)19(22)25-12-16(21)14-5-6-17-18(10-14)24-8-2-7-23-17/h1,3-6,9-10H,2,7-8,12H2. The van der Waals surface area contributed by atoms with Crippen LogP contribution in [-0.4, -0.2) is 31.6 Å². The molecule has 0 aromatic heterocycles. The highest BCUT2D eigenvalue weighted by atomic mass is 16.5. The van der Waals surface area contributed by atoms with Gasteiger partial charge in [-0.15, -0.1) is 0 Å². The molecule has 126 valence electrons. The van der Waals surface area contributed by atoms with E-state index >= 15 is 0 Å². The molecule has 1 aliphatic heterocycles. The van der Waals surface area contributed by atoms with Gasteiger partial charge >= 0.3 is 5.97 Å². The molecule has 0 saturated heterocycles. The normalized spacial score (nSPS) is 12.6. The van der Waals surface area contributed by atoms with Crippen LogP contribution in [0.5, 0.6) is 11.5 Å². The highest BCUT2D eigenvalue weighted by Crippen LogP contribution is 2.30. The fraction of sp³-hybridized carbons (Fsp3) is 0.211. The van der Waals surface area contributed by atoms with Crippen LogP contribution < -0.4 is 9.47 Å². The van der Waals surface area contributed by atoms with E-state index in [1.54, 1.807) is 30.3 Å². The largest absolute Gasteiger partial charge is 0.490 e. The van der Waals surface area contributed by atoms with E-state index in [1.807, 2.05) is 6.07 Å². The number of hydrogen-bond acceptors (Lipinski definition) is 6. The molecule has 2 aromatic rings. The van der Waals surface area contributed by atoms with Gasteiger partial charge in [0, 0.05) is 12.0 Å². The summed E-state index contributed by atoms with van der Waals surface area (Å²) in [7, 11) is 0. The summed E-state index contributed by atoms with van der Waals surface area (Å²) in [5.74, 6) is 0.107. The summed E-state index contributed by atoms with van der Waals surface area (Å²) in [5, 5.41) is 8.85. The Morgan fingerprint density at radius 1 is 1.04 bits per heavy atom. The summed E-state index contributed by atoms with van der Waals surface area (Å²) in [6.45, 7) is 0.698. The summed E-state index contributed by atoms with van der Waals surface area (Å²) >= 11 is 0. The maximum atomic E-state index is 12.2. The number of carbonyl (C=O) groups is 2. The van der Waals surface area contributed by atoms with Crippen LogP contribution in [0.15, 0.2) is 42.5 Å². The number of esters is 1. The van der Waals surface area contributed by atoms with Crippen LogP contribution in [-0.2, 0) is 4.74 Å². The number of rotatable bonds is 4. The van der Waals surface area contributed by atoms with Crippen LogP contribution in [0.25, 0.3) is 0 Å². The fourth-order valence-corrected chi connectivity index (χ4v) is 2.35. The van der Waals surface area contributed by atoms with Crippen LogP contribution in [0, 0.1) is 11.3 Å². The molecule has 1 heterocycles. The number of hydrogen-bond donors (Lipinski definition) is 0. The Bertz CT molecular complexity index is 853. The number of carbonyl (C=O) groups excluding carboxylic acids is 2. The van der Waals surface area contributed by atoms with Crippen molar-refractivity contribution < 1.29 is 23.8 Å². The van der Waals surface area contributed by atoms with Crippen molar-refractivity contribution in [1.29, 1.82) is 5.26 Å². The number of benzene rings is 2. The van der Waals surface area contributed by atoms with Gasteiger partial charge in [-0.1, -0.05) is 6.07 Å². The van der Waals surface area contributed by atoms with E-state index in [1.165, 1.54) is 12.1 Å². The Morgan fingerprint density at radius 3 is 2.64 bits per heavy atom. The van der Waals surface area contributed by atoms with Gasteiger partial charge in [-0.2, -0.15) is 5.26 Å². The van der Waals surface area contributed by atoms with Crippen LogP contribution in [0.3, 0.4) is 0 Å². The Kier molecular flexibility index (Phi) is 4.95. The molecule has 1 aliphatic rings. The zero-order valence-corrected chi connectivity index (χ0v) is 13.4. The molecular formula is C19H15NO5. The second-order valence-corrected chi connectivity index (χ2v) is 5.40. The molecule has 0 unspecified atom stereocenters. The van der Waals surface area contributed by atoms with Crippen LogP contribution in [0.1, 0.15) is 32.7 Å².